The Balaban J connectivity index is -0.00000214. The molecule has 0 rings (SSSR count). The average Bonchev–Trinajstić information content (AvgIpc) is 2.77. The summed E-state index contributed by atoms with van der Waals surface area (Å²) in [7, 11) is 0. The second-order valence-corrected chi connectivity index (χ2v) is 8.49. The molecule has 0 heterocycles. The Morgan fingerprint density at radius 2 is 0.892 bits per heavy atom. The summed E-state index contributed by atoms with van der Waals surface area (Å²) >= 11 is 0. The zero-order valence-corrected chi connectivity index (χ0v) is 21.1. The molecule has 218 valence electrons. The smallest absolute Gasteiger partial charge is 0.544 e. The number of unbranched alkanes of at least 4 members (excludes halogenated alkanes) is 8. The Morgan fingerprint density at radius 3 is 1.22 bits per heavy atom. The van der Waals surface area contributed by atoms with Gasteiger partial charge in [0.1, 0.15) is 5.97 Å². The summed E-state index contributed by atoms with van der Waals surface area (Å²) in [6.45, 7) is 1.82. The van der Waals surface area contributed by atoms with Crippen molar-refractivity contribution >= 4 is 5.97 Å². The summed E-state index contributed by atoms with van der Waals surface area (Å²) in [6.07, 6.45) is 5.70. The first-order chi connectivity index (χ1) is 16.2. The third-order valence-corrected chi connectivity index (χ3v) is 5.52. The van der Waals surface area contributed by atoms with Crippen molar-refractivity contribution in [1.29, 1.82) is 0 Å². The van der Waals surface area contributed by atoms with E-state index in [0.29, 0.717) is 12.8 Å². The molecule has 0 aromatic carbocycles. The van der Waals surface area contributed by atoms with Crippen LogP contribution in [0.4, 0.5) is 0 Å². The van der Waals surface area contributed by atoms with Crippen molar-refractivity contribution in [2.75, 3.05) is 13.2 Å². The molecular formula is C20H41LiO16. The fraction of sp³-hybridized carbons (Fsp3) is 0.950. The van der Waals surface area contributed by atoms with Crippen LogP contribution in [0.5, 0.6) is 0 Å². The molecule has 0 atom stereocenters. The van der Waals surface area contributed by atoms with Gasteiger partial charge in [-0.1, -0.05) is 58.3 Å². The minimum absolute atomic E-state index is 0. The maximum Gasteiger partial charge on any atom is 1.00 e. The summed E-state index contributed by atoms with van der Waals surface area (Å²) in [5, 5.41) is 142. The summed E-state index contributed by atoms with van der Waals surface area (Å²) < 4.78 is 0. The van der Waals surface area contributed by atoms with E-state index in [-0.39, 0.29) is 38.5 Å². The normalized spacial score (nSPS) is 13.5. The molecule has 0 aliphatic heterocycles. The fourth-order valence-corrected chi connectivity index (χ4v) is 3.01. The van der Waals surface area contributed by atoms with Crippen molar-refractivity contribution in [2.24, 2.45) is 0 Å². The van der Waals surface area contributed by atoms with Crippen molar-refractivity contribution in [3.63, 3.8) is 0 Å². The van der Waals surface area contributed by atoms with Crippen LogP contribution in [0.1, 0.15) is 71.1 Å². The molecule has 14 N–H and O–H groups in total. The summed E-state index contributed by atoms with van der Waals surface area (Å²) in [5.41, 5.74) is 0. The molecule has 0 bridgehead atoms. The SMILES string of the molecule is CCCCCCCCCCCC(O)(O)C(O)(O)C(O)(O)C(O)(O)C(O)(O)C(O)(O)C(=O)[O-].OCCO.[Li+]. The third-order valence-electron chi connectivity index (χ3n) is 5.52. The number of hydrogen-bond donors (Lipinski definition) is 14. The average molecular weight is 544 g/mol. The van der Waals surface area contributed by atoms with Gasteiger partial charge in [-0.05, 0) is 6.42 Å². The molecule has 17 heteroatoms. The Labute approximate surface area is 225 Å². The molecule has 0 fully saturated rings. The maximum absolute atomic E-state index is 10.6. The van der Waals surface area contributed by atoms with Crippen LogP contribution in [-0.4, -0.2) is 125 Å². The molecular weight excluding hydrogens is 503 g/mol. The molecule has 0 amide bonds. The van der Waals surface area contributed by atoms with Crippen LogP contribution in [0, 0.1) is 0 Å². The van der Waals surface area contributed by atoms with Gasteiger partial charge in [0.2, 0.25) is 5.79 Å². The van der Waals surface area contributed by atoms with Gasteiger partial charge in [-0.15, -0.1) is 0 Å². The van der Waals surface area contributed by atoms with E-state index >= 15 is 0 Å². The first-order valence-electron chi connectivity index (χ1n) is 11.3. The van der Waals surface area contributed by atoms with Gasteiger partial charge in [-0.3, -0.25) is 0 Å². The number of aliphatic hydroxyl groups is 14. The number of rotatable bonds is 17. The van der Waals surface area contributed by atoms with Gasteiger partial charge >= 0.3 is 18.9 Å². The number of aliphatic carboxylic acids is 1. The van der Waals surface area contributed by atoms with Crippen LogP contribution in [0.2, 0.25) is 0 Å². The summed E-state index contributed by atoms with van der Waals surface area (Å²) in [6, 6.07) is 0. The quantitative estimate of drug-likeness (QED) is 0.0459. The van der Waals surface area contributed by atoms with E-state index in [0.717, 1.165) is 38.5 Å². The van der Waals surface area contributed by atoms with Gasteiger partial charge in [-0.25, -0.2) is 0 Å². The molecule has 0 aliphatic carbocycles. The largest absolute Gasteiger partial charge is 1.00 e. The second kappa shape index (κ2) is 16.6. The van der Waals surface area contributed by atoms with Crippen LogP contribution >= 0.6 is 0 Å². The van der Waals surface area contributed by atoms with Gasteiger partial charge in [0.25, 0.3) is 28.9 Å². The fourth-order valence-electron chi connectivity index (χ4n) is 3.01. The number of carbonyl (C=O) groups is 1. The number of carbonyl (C=O) groups excluding carboxylic acids is 1. The van der Waals surface area contributed by atoms with E-state index in [1.807, 2.05) is 0 Å². The van der Waals surface area contributed by atoms with E-state index in [1.54, 1.807) is 0 Å². The van der Waals surface area contributed by atoms with Crippen molar-refractivity contribution in [1.82, 2.24) is 0 Å². The zero-order valence-electron chi connectivity index (χ0n) is 21.1. The molecule has 0 saturated heterocycles. The number of carboxylic acid groups (broad SMARTS) is 1. The Bertz CT molecular complexity index is 634. The number of carboxylic acids is 1. The van der Waals surface area contributed by atoms with Crippen LogP contribution in [0.3, 0.4) is 0 Å². The monoisotopic (exact) mass is 544 g/mol. The standard InChI is InChI=1S/C18H36O14.C2H6O2.Li/c1-2-3-4-5-6-7-8-9-10-11-13(21,22)15(25,26)17(29,30)18(31,32)16(27,28)14(23,24)12(19)20;3-1-2-4;/h21-32H,2-11H2,1H3,(H,19,20);3-4H,1-2H2;/q;;+1/p-1. The maximum atomic E-state index is 10.6. The van der Waals surface area contributed by atoms with E-state index in [2.05, 4.69) is 6.92 Å². The van der Waals surface area contributed by atoms with Crippen molar-refractivity contribution in [3.8, 4) is 0 Å². The minimum Gasteiger partial charge on any atom is -0.544 e. The predicted octanol–water partition coefficient (Wildman–Crippen LogP) is -9.28. The zero-order chi connectivity index (χ0) is 29.1. The van der Waals surface area contributed by atoms with E-state index in [1.165, 1.54) is 0 Å². The van der Waals surface area contributed by atoms with E-state index in [9.17, 15) is 61.0 Å². The molecule has 0 radical (unpaired) electrons. The molecule has 0 unspecified atom stereocenters. The molecule has 16 nitrogen and oxygen atoms in total. The van der Waals surface area contributed by atoms with Gasteiger partial charge in [-0.2, -0.15) is 0 Å². The topological polar surface area (TPSA) is 323 Å². The van der Waals surface area contributed by atoms with Crippen LogP contribution in [0.15, 0.2) is 0 Å². The molecule has 0 spiro atoms. The summed E-state index contributed by atoms with van der Waals surface area (Å²) in [4.78, 5) is 10.6. The van der Waals surface area contributed by atoms with Crippen LogP contribution < -0.4 is 24.0 Å². The van der Waals surface area contributed by atoms with Gasteiger partial charge in [0.15, 0.2) is 0 Å². The molecule has 0 aliphatic rings. The first kappa shape index (κ1) is 41.0. The minimum atomic E-state index is -5.33. The van der Waals surface area contributed by atoms with Crippen molar-refractivity contribution in [3.05, 3.63) is 0 Å². The van der Waals surface area contributed by atoms with Gasteiger partial charge < -0.3 is 81.4 Å². The van der Waals surface area contributed by atoms with Gasteiger partial charge in [0, 0.05) is 6.42 Å². The Morgan fingerprint density at radius 1 is 0.568 bits per heavy atom. The molecule has 0 aromatic rings. The van der Waals surface area contributed by atoms with Crippen LogP contribution in [0.25, 0.3) is 0 Å². The summed E-state index contributed by atoms with van der Waals surface area (Å²) in [5.74, 6) is -32.7. The molecule has 37 heavy (non-hydrogen) atoms. The van der Waals surface area contributed by atoms with Gasteiger partial charge in [0.05, 0.1) is 13.2 Å². The number of aliphatic hydroxyl groups excluding tert-OH is 2. The van der Waals surface area contributed by atoms with E-state index < -0.39 is 47.1 Å². The predicted molar refractivity (Wildman–Crippen MR) is 114 cm³/mol. The van der Waals surface area contributed by atoms with Crippen molar-refractivity contribution < 1.29 is 100 Å². The van der Waals surface area contributed by atoms with Crippen LogP contribution in [-0.2, 0) is 4.79 Å². The van der Waals surface area contributed by atoms with E-state index in [4.69, 9.17) is 20.4 Å². The number of hydrogen-bond acceptors (Lipinski definition) is 16. The third kappa shape index (κ3) is 9.88. The second-order valence-electron chi connectivity index (χ2n) is 8.49. The Hall–Kier alpha value is -0.493. The molecule has 0 saturated carbocycles. The Kier molecular flexibility index (Phi) is 18.4. The van der Waals surface area contributed by atoms with Crippen molar-refractivity contribution in [2.45, 2.75) is 106 Å². The molecule has 0 aromatic heterocycles. The first-order valence-corrected chi connectivity index (χ1v) is 11.3.